The monoisotopic (exact) mass is 381 g/mol. The molecule has 0 N–H and O–H groups in total. The molecule has 0 spiro atoms. The largest absolute Gasteiger partial charge is 0.358 e. The number of hydrogen-bond acceptors (Lipinski definition) is 3. The predicted molar refractivity (Wildman–Crippen MR) is 95.6 cm³/mol. The van der Waals surface area contributed by atoms with Gasteiger partial charge >= 0.3 is 149 Å². The number of ether oxygens (including phenoxy) is 2. The van der Waals surface area contributed by atoms with Crippen LogP contribution in [0.3, 0.4) is 0 Å². The number of methoxy groups -OCH3 is 1. The number of morpholine rings is 1. The predicted octanol–water partition coefficient (Wildman–Crippen LogP) is 2.78. The van der Waals surface area contributed by atoms with Gasteiger partial charge < -0.3 is 7.43 Å². The second-order valence-electron chi connectivity index (χ2n) is 5.41. The van der Waals surface area contributed by atoms with Crippen LogP contribution in [0.5, 0.6) is 5.75 Å². The first-order valence-electron chi connectivity index (χ1n) is 7.70. The second-order valence-corrected chi connectivity index (χ2v) is 5.70. The number of carbonyl (C=O) groups excluding carboxylic acids is 1. The Bertz CT molecular complexity index is 737. The normalized spacial score (nSPS) is 13.8. The van der Waals surface area contributed by atoms with E-state index in [0.717, 1.165) is 22.4 Å². The van der Waals surface area contributed by atoms with Crippen LogP contribution < -0.4 is 4.74 Å². The molecule has 0 radical (unpaired) electrons. The Hall–Kier alpha value is -1.97. The molecule has 0 bridgehead atoms. The molecule has 0 aromatic heterocycles. The summed E-state index contributed by atoms with van der Waals surface area (Å²) in [6.45, 7) is 2.44. The van der Waals surface area contributed by atoms with Gasteiger partial charge in [0, 0.05) is 0 Å². The Morgan fingerprint density at radius 3 is 2.64 bits per heavy atom. The summed E-state index contributed by atoms with van der Waals surface area (Å²) in [7, 11) is 1.63. The first-order valence-corrected chi connectivity index (χ1v) is 8.27. The Morgan fingerprint density at radius 1 is 1.28 bits per heavy atom. The van der Waals surface area contributed by atoms with Gasteiger partial charge in [0.25, 0.3) is 0 Å². The van der Waals surface area contributed by atoms with E-state index in [2.05, 4.69) is 6.07 Å². The fraction of sp³-hybridized carbons (Fsp3) is 0.250. The van der Waals surface area contributed by atoms with E-state index in [4.69, 9.17) is 24.5 Å². The smallest absolute Gasteiger partial charge is 0.358 e. The molecule has 1 amide bonds. The van der Waals surface area contributed by atoms with Crippen LogP contribution in [0.2, 0.25) is 0 Å². The van der Waals surface area contributed by atoms with Gasteiger partial charge in [0.2, 0.25) is 0 Å². The van der Waals surface area contributed by atoms with E-state index in [-0.39, 0.29) is 13.3 Å². The van der Waals surface area contributed by atoms with Crippen LogP contribution in [-0.4, -0.2) is 49.2 Å². The van der Waals surface area contributed by atoms with Crippen molar-refractivity contribution >= 4 is 10.9 Å². The van der Waals surface area contributed by atoms with Crippen molar-refractivity contribution < 1.29 is 29.3 Å². The van der Waals surface area contributed by atoms with Crippen molar-refractivity contribution in [3.8, 4) is 16.9 Å². The van der Waals surface area contributed by atoms with Crippen molar-refractivity contribution in [1.82, 2.24) is 4.90 Å². The van der Waals surface area contributed by atoms with Crippen LogP contribution in [0.1, 0.15) is 15.9 Å². The van der Waals surface area contributed by atoms with Crippen molar-refractivity contribution in [1.29, 1.82) is 0 Å². The standard InChI is InChI=1S/C19H18NO3.CH3.Ni/c1-14-4-3-5-17(22-2)18(14)15-6-8-16(9-7-15)19(21)20-10-12-23-13-11-20;;/h1,3-6,8-9H,10-13H2,2H3;1H3;/q2*-1;. The summed E-state index contributed by atoms with van der Waals surface area (Å²) < 4.78 is 10.7. The molecule has 1 fully saturated rings. The third kappa shape index (κ3) is 4.17. The van der Waals surface area contributed by atoms with Crippen molar-refractivity contribution in [3.63, 3.8) is 0 Å². The van der Waals surface area contributed by atoms with Gasteiger partial charge in [-0.2, -0.15) is 0 Å². The summed E-state index contributed by atoms with van der Waals surface area (Å²) in [6.07, 6.45) is 0. The first-order chi connectivity index (χ1) is 11.7. The molecular formula is C20H21NNiO3-2. The molecule has 1 aliphatic heterocycles. The molecule has 0 unspecified atom stereocenters. The summed E-state index contributed by atoms with van der Waals surface area (Å²) in [5.74, 6) is 0.753. The van der Waals surface area contributed by atoms with E-state index in [9.17, 15) is 4.79 Å². The van der Waals surface area contributed by atoms with Crippen LogP contribution in [0.4, 0.5) is 0 Å². The number of carbonyl (C=O) groups is 1. The van der Waals surface area contributed by atoms with E-state index < -0.39 is 0 Å². The number of nitrogens with zero attached hydrogens (tertiary/aromatic N) is 1. The maximum Gasteiger partial charge on any atom is -0.358 e. The summed E-state index contributed by atoms with van der Waals surface area (Å²) in [5, 5.41) is 0. The Balaban J connectivity index is 0.00000225. The molecule has 4 nitrogen and oxygen atoms in total. The average Bonchev–Trinajstić information content (AvgIpc) is 2.67. The molecule has 2 aromatic rings. The van der Waals surface area contributed by atoms with E-state index in [0.29, 0.717) is 31.9 Å². The average molecular weight is 382 g/mol. The van der Waals surface area contributed by atoms with Gasteiger partial charge in [0.1, 0.15) is 0 Å². The van der Waals surface area contributed by atoms with Crippen molar-refractivity contribution in [3.05, 3.63) is 61.0 Å². The minimum atomic E-state index is 0. The maximum atomic E-state index is 12.5. The fourth-order valence-corrected chi connectivity index (χ4v) is 2.98. The molecule has 0 aliphatic carbocycles. The van der Waals surface area contributed by atoms with Crippen LogP contribution in [0.15, 0.2) is 36.4 Å². The van der Waals surface area contributed by atoms with E-state index >= 15 is 0 Å². The fourth-order valence-electron chi connectivity index (χ4n) is 2.74. The molecule has 0 saturated carbocycles. The SMILES string of the molecule is COc1cccc([CH]=[Ni])c1-c1[c-]cc(C(=O)N2CCOCC2)cc1.[CH3-]. The summed E-state index contributed by atoms with van der Waals surface area (Å²) in [6, 6.07) is 14.4. The number of hydrogen-bond donors (Lipinski definition) is 0. The molecule has 0 atom stereocenters. The topological polar surface area (TPSA) is 38.8 Å². The Kier molecular flexibility index (Phi) is 6.92. The van der Waals surface area contributed by atoms with Crippen LogP contribution in [-0.2, 0) is 19.8 Å². The minimum absolute atomic E-state index is 0. The summed E-state index contributed by atoms with van der Waals surface area (Å²) in [5.41, 5.74) is 3.30. The molecule has 2 aromatic carbocycles. The zero-order valence-corrected chi connectivity index (χ0v) is 15.3. The van der Waals surface area contributed by atoms with Crippen molar-refractivity contribution in [2.45, 2.75) is 0 Å². The zero-order chi connectivity index (χ0) is 16.9. The quantitative estimate of drug-likeness (QED) is 0.603. The van der Waals surface area contributed by atoms with E-state index in [1.54, 1.807) is 23.1 Å². The molecule has 5 heteroatoms. The molecule has 3 rings (SSSR count). The van der Waals surface area contributed by atoms with E-state index in [1.165, 1.54) is 0 Å². The Labute approximate surface area is 156 Å². The van der Waals surface area contributed by atoms with Gasteiger partial charge in [-0.25, -0.2) is 0 Å². The zero-order valence-electron chi connectivity index (χ0n) is 14.4. The van der Waals surface area contributed by atoms with Gasteiger partial charge in [-0.1, -0.05) is 0 Å². The van der Waals surface area contributed by atoms with Gasteiger partial charge in [-0.05, 0) is 0 Å². The van der Waals surface area contributed by atoms with Crippen molar-refractivity contribution in [2.24, 2.45) is 0 Å². The summed E-state index contributed by atoms with van der Waals surface area (Å²) in [4.78, 5) is 16.0. The maximum absolute atomic E-state index is 12.5. The van der Waals surface area contributed by atoms with Gasteiger partial charge in [0.15, 0.2) is 0 Å². The van der Waals surface area contributed by atoms with Gasteiger partial charge in [-0.3, -0.25) is 0 Å². The molecule has 1 heterocycles. The third-order valence-electron chi connectivity index (χ3n) is 4.00. The van der Waals surface area contributed by atoms with Crippen LogP contribution in [0.25, 0.3) is 11.1 Å². The van der Waals surface area contributed by atoms with E-state index in [1.807, 2.05) is 30.3 Å². The minimum Gasteiger partial charge on any atom is -0.358 e. The second kappa shape index (κ2) is 8.93. The summed E-state index contributed by atoms with van der Waals surface area (Å²) >= 11 is 4.79. The first kappa shape index (κ1) is 19.4. The van der Waals surface area contributed by atoms with Crippen molar-refractivity contribution in [2.75, 3.05) is 33.4 Å². The number of rotatable bonds is 4. The molecule has 25 heavy (non-hydrogen) atoms. The number of amides is 1. The molecule has 1 saturated heterocycles. The molecule has 1 aliphatic rings. The van der Waals surface area contributed by atoms with Crippen LogP contribution in [0, 0.1) is 13.5 Å². The molecular weight excluding hydrogens is 361 g/mol. The third-order valence-corrected chi connectivity index (χ3v) is 4.31. The van der Waals surface area contributed by atoms with Gasteiger partial charge in [0.05, 0.1) is 0 Å². The number of benzene rings is 2. The van der Waals surface area contributed by atoms with Gasteiger partial charge in [-0.15, -0.1) is 0 Å². The Morgan fingerprint density at radius 2 is 2.04 bits per heavy atom. The molecule has 136 valence electrons. The van der Waals surface area contributed by atoms with Crippen LogP contribution >= 0.6 is 0 Å².